The van der Waals surface area contributed by atoms with Gasteiger partial charge in [-0.05, 0) is 30.7 Å². The van der Waals surface area contributed by atoms with Crippen molar-refractivity contribution < 1.29 is 9.90 Å². The predicted octanol–water partition coefficient (Wildman–Crippen LogP) is 2.06. The quantitative estimate of drug-likeness (QED) is 0.801. The maximum Gasteiger partial charge on any atom is 0.321 e. The molecule has 1 aliphatic rings. The number of benzene rings is 1. The van der Waals surface area contributed by atoms with Crippen LogP contribution in [-0.4, -0.2) is 73.9 Å². The van der Waals surface area contributed by atoms with Gasteiger partial charge in [-0.3, -0.25) is 4.90 Å². The Hall–Kier alpha value is -1.79. The average molecular weight is 334 g/mol. The van der Waals surface area contributed by atoms with Gasteiger partial charge in [-0.15, -0.1) is 0 Å². The van der Waals surface area contributed by atoms with Gasteiger partial charge in [-0.1, -0.05) is 13.3 Å². The normalized spacial score (nSPS) is 15.4. The Morgan fingerprint density at radius 3 is 2.46 bits per heavy atom. The van der Waals surface area contributed by atoms with E-state index in [-0.39, 0.29) is 12.6 Å². The molecule has 0 bridgehead atoms. The zero-order chi connectivity index (χ0) is 17.4. The molecule has 6 nitrogen and oxygen atoms in total. The molecule has 1 heterocycles. The highest BCUT2D eigenvalue weighted by molar-refractivity contribution is 5.89. The number of anilines is 2. The number of hydrogen-bond acceptors (Lipinski definition) is 4. The zero-order valence-electron chi connectivity index (χ0n) is 14.9. The van der Waals surface area contributed by atoms with E-state index in [1.165, 1.54) is 18.5 Å². The molecule has 0 radical (unpaired) electrons. The van der Waals surface area contributed by atoms with Crippen LogP contribution in [0.15, 0.2) is 24.3 Å². The van der Waals surface area contributed by atoms with Gasteiger partial charge in [0.15, 0.2) is 0 Å². The van der Waals surface area contributed by atoms with Crippen molar-refractivity contribution in [2.24, 2.45) is 0 Å². The van der Waals surface area contributed by atoms with E-state index in [1.807, 2.05) is 29.2 Å². The van der Waals surface area contributed by atoms with E-state index < -0.39 is 0 Å². The van der Waals surface area contributed by atoms with Crippen LogP contribution in [-0.2, 0) is 0 Å². The number of aliphatic hydroxyl groups is 1. The lowest BCUT2D eigenvalue weighted by Gasteiger charge is -2.34. The summed E-state index contributed by atoms with van der Waals surface area (Å²) < 4.78 is 0. The molecule has 6 heteroatoms. The van der Waals surface area contributed by atoms with Crippen LogP contribution in [0.1, 0.15) is 19.8 Å². The highest BCUT2D eigenvalue weighted by atomic mass is 16.3. The molecule has 0 unspecified atom stereocenters. The third-order valence-corrected chi connectivity index (χ3v) is 4.48. The summed E-state index contributed by atoms with van der Waals surface area (Å²) in [6.07, 6.45) is 2.36. The fourth-order valence-electron chi connectivity index (χ4n) is 2.84. The maximum atomic E-state index is 12.3. The summed E-state index contributed by atoms with van der Waals surface area (Å²) in [5.74, 6) is 0. The molecule has 1 aromatic carbocycles. The molecule has 1 fully saturated rings. The number of nitrogens with one attached hydrogen (secondary N) is 1. The van der Waals surface area contributed by atoms with Crippen LogP contribution in [0.2, 0.25) is 0 Å². The lowest BCUT2D eigenvalue weighted by atomic mass is 10.2. The molecule has 2 rings (SSSR count). The van der Waals surface area contributed by atoms with Gasteiger partial charge < -0.3 is 20.2 Å². The number of nitrogens with zero attached hydrogens (tertiary/aromatic N) is 3. The Morgan fingerprint density at radius 2 is 1.88 bits per heavy atom. The molecule has 1 aromatic rings. The zero-order valence-corrected chi connectivity index (χ0v) is 14.9. The third-order valence-electron chi connectivity index (χ3n) is 4.48. The van der Waals surface area contributed by atoms with Crippen molar-refractivity contribution in [3.05, 3.63) is 24.3 Å². The van der Waals surface area contributed by atoms with Crippen LogP contribution < -0.4 is 10.2 Å². The van der Waals surface area contributed by atoms with E-state index in [9.17, 15) is 4.79 Å². The van der Waals surface area contributed by atoms with Gasteiger partial charge in [0.25, 0.3) is 0 Å². The van der Waals surface area contributed by atoms with Crippen molar-refractivity contribution in [2.75, 3.05) is 63.1 Å². The molecule has 24 heavy (non-hydrogen) atoms. The van der Waals surface area contributed by atoms with Crippen LogP contribution in [0.3, 0.4) is 0 Å². The van der Waals surface area contributed by atoms with E-state index in [0.29, 0.717) is 19.6 Å². The van der Waals surface area contributed by atoms with Gasteiger partial charge >= 0.3 is 6.03 Å². The van der Waals surface area contributed by atoms with Gasteiger partial charge in [0.2, 0.25) is 0 Å². The summed E-state index contributed by atoms with van der Waals surface area (Å²) in [5, 5.41) is 11.9. The first-order valence-corrected chi connectivity index (χ1v) is 8.84. The molecular formula is C18H30N4O2. The Labute approximate surface area is 145 Å². The number of hydrogen-bond donors (Lipinski definition) is 2. The topological polar surface area (TPSA) is 59.1 Å². The first-order valence-electron chi connectivity index (χ1n) is 8.84. The Kier molecular flexibility index (Phi) is 7.34. The summed E-state index contributed by atoms with van der Waals surface area (Å²) in [7, 11) is 2.09. The van der Waals surface area contributed by atoms with Gasteiger partial charge in [0.1, 0.15) is 0 Å². The molecule has 2 N–H and O–H groups in total. The summed E-state index contributed by atoms with van der Waals surface area (Å²) >= 11 is 0. The van der Waals surface area contributed by atoms with Crippen LogP contribution >= 0.6 is 0 Å². The smallest absolute Gasteiger partial charge is 0.321 e. The fourth-order valence-corrected chi connectivity index (χ4v) is 2.84. The summed E-state index contributed by atoms with van der Waals surface area (Å²) in [6.45, 7) is 7.11. The molecule has 0 saturated carbocycles. The number of rotatable bonds is 7. The monoisotopic (exact) mass is 334 g/mol. The predicted molar refractivity (Wildman–Crippen MR) is 98.7 cm³/mol. The Balaban J connectivity index is 1.82. The van der Waals surface area contributed by atoms with Crippen LogP contribution in [0.4, 0.5) is 16.2 Å². The second kappa shape index (κ2) is 9.49. The number of aliphatic hydroxyl groups excluding tert-OH is 1. The van der Waals surface area contributed by atoms with Crippen molar-refractivity contribution in [1.82, 2.24) is 9.80 Å². The number of β-amino-alcohol motifs (C(OH)–C–C–N with tert-alkyl or cyclic N) is 1. The van der Waals surface area contributed by atoms with E-state index in [2.05, 4.69) is 29.1 Å². The van der Waals surface area contributed by atoms with Gasteiger partial charge in [0, 0.05) is 57.7 Å². The van der Waals surface area contributed by atoms with Crippen molar-refractivity contribution >= 4 is 17.4 Å². The molecule has 134 valence electrons. The molecule has 1 saturated heterocycles. The third kappa shape index (κ3) is 5.39. The minimum absolute atomic E-state index is 0.0502. The number of carbonyl (C=O) groups excluding carboxylic acids is 1. The fraction of sp³-hybridized carbons (Fsp3) is 0.611. The van der Waals surface area contributed by atoms with E-state index in [0.717, 1.165) is 25.3 Å². The summed E-state index contributed by atoms with van der Waals surface area (Å²) in [6, 6.07) is 7.95. The van der Waals surface area contributed by atoms with Crippen molar-refractivity contribution in [1.29, 1.82) is 0 Å². The van der Waals surface area contributed by atoms with E-state index in [1.54, 1.807) is 0 Å². The van der Waals surface area contributed by atoms with Crippen molar-refractivity contribution in [3.8, 4) is 0 Å². The van der Waals surface area contributed by atoms with Crippen molar-refractivity contribution in [2.45, 2.75) is 19.8 Å². The summed E-state index contributed by atoms with van der Waals surface area (Å²) in [4.78, 5) is 18.6. The van der Waals surface area contributed by atoms with E-state index >= 15 is 0 Å². The maximum absolute atomic E-state index is 12.3. The molecule has 0 aliphatic carbocycles. The molecule has 0 atom stereocenters. The lowest BCUT2D eigenvalue weighted by molar-refractivity contribution is 0.127. The first-order chi connectivity index (χ1) is 11.6. The molecule has 1 aliphatic heterocycles. The highest BCUT2D eigenvalue weighted by Crippen LogP contribution is 2.18. The number of piperazine rings is 1. The Bertz CT molecular complexity index is 498. The highest BCUT2D eigenvalue weighted by Gasteiger charge is 2.20. The Morgan fingerprint density at radius 1 is 1.21 bits per heavy atom. The second-order valence-electron chi connectivity index (χ2n) is 6.30. The molecular weight excluding hydrogens is 304 g/mol. The molecule has 0 aromatic heterocycles. The largest absolute Gasteiger partial charge is 0.395 e. The van der Waals surface area contributed by atoms with Crippen LogP contribution in [0.25, 0.3) is 0 Å². The number of amides is 2. The molecule has 2 amide bonds. The van der Waals surface area contributed by atoms with Crippen molar-refractivity contribution in [3.63, 3.8) is 0 Å². The number of unbranched alkanes of at least 4 members (excludes halogenated alkanes) is 1. The standard InChI is InChI=1S/C18H30N4O2/c1-3-4-9-20(2)17-7-5-16(6-8-17)19-18(24)22-12-10-21(11-13-22)14-15-23/h5-8,23H,3-4,9-15H2,1-2H3,(H,19,24). The summed E-state index contributed by atoms with van der Waals surface area (Å²) in [5.41, 5.74) is 1.99. The van der Waals surface area contributed by atoms with E-state index in [4.69, 9.17) is 5.11 Å². The minimum atomic E-state index is -0.0502. The number of urea groups is 1. The second-order valence-corrected chi connectivity index (χ2v) is 6.30. The van der Waals surface area contributed by atoms with Crippen LogP contribution in [0, 0.1) is 0 Å². The van der Waals surface area contributed by atoms with Gasteiger partial charge in [-0.2, -0.15) is 0 Å². The minimum Gasteiger partial charge on any atom is -0.395 e. The number of carbonyl (C=O) groups is 1. The van der Waals surface area contributed by atoms with Crippen LogP contribution in [0.5, 0.6) is 0 Å². The average Bonchev–Trinajstić information content (AvgIpc) is 2.61. The lowest BCUT2D eigenvalue weighted by Crippen LogP contribution is -2.50. The molecule has 0 spiro atoms. The van der Waals surface area contributed by atoms with Gasteiger partial charge in [-0.25, -0.2) is 4.79 Å². The SMILES string of the molecule is CCCCN(C)c1ccc(NC(=O)N2CCN(CCO)CC2)cc1. The first kappa shape index (κ1) is 18.5. The van der Waals surface area contributed by atoms with Gasteiger partial charge in [0.05, 0.1) is 6.61 Å².